The summed E-state index contributed by atoms with van der Waals surface area (Å²) in [5.41, 5.74) is 0. The Morgan fingerprint density at radius 1 is 1.18 bits per heavy atom. The minimum absolute atomic E-state index is 0. The Hall–Kier alpha value is -0.330. The number of piperidine rings is 1. The van der Waals surface area contributed by atoms with Gasteiger partial charge in [-0.2, -0.15) is 0 Å². The fourth-order valence-electron chi connectivity index (χ4n) is 3.83. The molecule has 7 heteroatoms. The molecule has 0 aromatic rings. The number of sulfone groups is 1. The molecular formula is C15H29ClN2O3S. The topological polar surface area (TPSA) is 66.5 Å². The SMILES string of the molecule is C[C@H]1C[C@@H](C(=O)N(C)C2CCCCC2S(C)(=O)=O)CCN1.Cl. The van der Waals surface area contributed by atoms with E-state index in [9.17, 15) is 13.2 Å². The standard InChI is InChI=1S/C15H28N2O3S.ClH/c1-11-10-12(8-9-16-11)15(18)17(2)13-6-4-5-7-14(13)21(3,19)20;/h11-14,16H,4-10H2,1-3H3;1H/t11-,12-,13?,14?;/m0./s1. The molecule has 4 atom stereocenters. The first-order chi connectivity index (χ1) is 9.80. The Balaban J connectivity index is 0.00000242. The van der Waals surface area contributed by atoms with Crippen LogP contribution in [-0.2, 0) is 14.6 Å². The van der Waals surface area contributed by atoms with E-state index in [-0.39, 0.29) is 35.5 Å². The maximum absolute atomic E-state index is 12.7. The van der Waals surface area contributed by atoms with Gasteiger partial charge in [-0.15, -0.1) is 12.4 Å². The molecule has 0 bridgehead atoms. The van der Waals surface area contributed by atoms with E-state index in [2.05, 4.69) is 12.2 Å². The van der Waals surface area contributed by atoms with Crippen LogP contribution in [0, 0.1) is 5.92 Å². The predicted molar refractivity (Wildman–Crippen MR) is 91.1 cm³/mol. The van der Waals surface area contributed by atoms with E-state index in [1.165, 1.54) is 6.26 Å². The smallest absolute Gasteiger partial charge is 0.225 e. The van der Waals surface area contributed by atoms with Crippen molar-refractivity contribution in [3.63, 3.8) is 0 Å². The summed E-state index contributed by atoms with van der Waals surface area (Å²) in [6, 6.07) is 0.213. The Morgan fingerprint density at radius 2 is 1.82 bits per heavy atom. The number of amides is 1. The van der Waals surface area contributed by atoms with Crippen LogP contribution in [0.1, 0.15) is 45.4 Å². The molecule has 2 unspecified atom stereocenters. The number of hydrogen-bond acceptors (Lipinski definition) is 4. The Bertz CT molecular complexity index is 483. The van der Waals surface area contributed by atoms with E-state index in [1.807, 2.05) is 0 Å². The third kappa shape index (κ3) is 4.59. The molecule has 1 aliphatic heterocycles. The molecule has 1 saturated carbocycles. The number of nitrogens with zero attached hydrogens (tertiary/aromatic N) is 1. The van der Waals surface area contributed by atoms with Gasteiger partial charge in [0.25, 0.3) is 0 Å². The fraction of sp³-hybridized carbons (Fsp3) is 0.933. The van der Waals surface area contributed by atoms with Crippen molar-refractivity contribution in [1.82, 2.24) is 10.2 Å². The molecule has 5 nitrogen and oxygen atoms in total. The average Bonchev–Trinajstić information content (AvgIpc) is 2.45. The van der Waals surface area contributed by atoms with Crippen molar-refractivity contribution < 1.29 is 13.2 Å². The number of carbonyl (C=O) groups excluding carboxylic acids is 1. The summed E-state index contributed by atoms with van der Waals surface area (Å²) in [6.45, 7) is 2.96. The van der Waals surface area contributed by atoms with Gasteiger partial charge in [-0.25, -0.2) is 8.42 Å². The lowest BCUT2D eigenvalue weighted by atomic mass is 9.89. The zero-order valence-corrected chi connectivity index (χ0v) is 15.4. The van der Waals surface area contributed by atoms with Gasteiger partial charge in [0, 0.05) is 31.3 Å². The average molecular weight is 353 g/mol. The molecule has 130 valence electrons. The summed E-state index contributed by atoms with van der Waals surface area (Å²) in [6.07, 6.45) is 6.45. The van der Waals surface area contributed by atoms with Crippen molar-refractivity contribution in [3.8, 4) is 0 Å². The van der Waals surface area contributed by atoms with Gasteiger partial charge in [0.05, 0.1) is 5.25 Å². The highest BCUT2D eigenvalue weighted by molar-refractivity contribution is 7.91. The first kappa shape index (κ1) is 19.7. The molecule has 0 spiro atoms. The second-order valence-corrected chi connectivity index (χ2v) is 9.01. The van der Waals surface area contributed by atoms with E-state index in [0.717, 1.165) is 38.6 Å². The minimum Gasteiger partial charge on any atom is -0.341 e. The third-order valence-electron chi connectivity index (χ3n) is 5.04. The highest BCUT2D eigenvalue weighted by Crippen LogP contribution is 2.29. The van der Waals surface area contributed by atoms with Gasteiger partial charge in [0.15, 0.2) is 9.84 Å². The molecule has 0 aromatic heterocycles. The van der Waals surface area contributed by atoms with E-state index in [0.29, 0.717) is 12.5 Å². The quantitative estimate of drug-likeness (QED) is 0.838. The Kier molecular flexibility index (Phi) is 7.15. The summed E-state index contributed by atoms with van der Waals surface area (Å²) in [7, 11) is -1.31. The van der Waals surface area contributed by atoms with E-state index in [1.54, 1.807) is 11.9 Å². The highest BCUT2D eigenvalue weighted by Gasteiger charge is 2.39. The molecule has 22 heavy (non-hydrogen) atoms. The van der Waals surface area contributed by atoms with E-state index < -0.39 is 9.84 Å². The normalized spacial score (nSPS) is 32.9. The van der Waals surface area contributed by atoms with Gasteiger partial charge in [-0.3, -0.25) is 4.79 Å². The first-order valence-electron chi connectivity index (χ1n) is 7.99. The number of carbonyl (C=O) groups is 1. The first-order valence-corrected chi connectivity index (χ1v) is 9.95. The van der Waals surface area contributed by atoms with Crippen molar-refractivity contribution in [2.24, 2.45) is 5.92 Å². The number of halogens is 1. The van der Waals surface area contributed by atoms with Gasteiger partial charge in [0.2, 0.25) is 5.91 Å². The van der Waals surface area contributed by atoms with Crippen LogP contribution in [0.25, 0.3) is 0 Å². The molecule has 2 rings (SSSR count). The molecule has 1 heterocycles. The van der Waals surface area contributed by atoms with Crippen LogP contribution in [0.2, 0.25) is 0 Å². The molecule has 0 radical (unpaired) electrons. The lowest BCUT2D eigenvalue weighted by Crippen LogP contribution is -2.52. The number of nitrogens with one attached hydrogen (secondary N) is 1. The monoisotopic (exact) mass is 352 g/mol. The van der Waals surface area contributed by atoms with Crippen molar-refractivity contribution in [2.45, 2.75) is 62.8 Å². The van der Waals surface area contributed by atoms with E-state index in [4.69, 9.17) is 0 Å². The maximum Gasteiger partial charge on any atom is 0.225 e. The number of rotatable bonds is 3. The molecule has 2 fully saturated rings. The lowest BCUT2D eigenvalue weighted by molar-refractivity contribution is -0.138. The molecule has 1 saturated heterocycles. The van der Waals surface area contributed by atoms with Crippen LogP contribution < -0.4 is 5.32 Å². The van der Waals surface area contributed by atoms with Gasteiger partial charge in [-0.05, 0) is 39.2 Å². The largest absolute Gasteiger partial charge is 0.341 e. The third-order valence-corrected chi connectivity index (χ3v) is 6.69. The van der Waals surface area contributed by atoms with Crippen LogP contribution in [0.4, 0.5) is 0 Å². The zero-order valence-electron chi connectivity index (χ0n) is 13.7. The summed E-state index contributed by atoms with van der Waals surface area (Å²) < 4.78 is 24.0. The van der Waals surface area contributed by atoms with Crippen LogP contribution >= 0.6 is 12.4 Å². The zero-order chi connectivity index (χ0) is 15.6. The molecule has 1 amide bonds. The van der Waals surface area contributed by atoms with Gasteiger partial charge >= 0.3 is 0 Å². The van der Waals surface area contributed by atoms with Crippen LogP contribution in [0.5, 0.6) is 0 Å². The predicted octanol–water partition coefficient (Wildman–Crippen LogP) is 1.61. The summed E-state index contributed by atoms with van der Waals surface area (Å²) in [5, 5.41) is 2.96. The Morgan fingerprint density at radius 3 is 2.41 bits per heavy atom. The van der Waals surface area contributed by atoms with Crippen LogP contribution in [0.3, 0.4) is 0 Å². The van der Waals surface area contributed by atoms with Crippen molar-refractivity contribution in [3.05, 3.63) is 0 Å². The molecule has 1 N–H and O–H groups in total. The second kappa shape index (κ2) is 7.97. The molecule has 2 aliphatic rings. The molecule has 1 aliphatic carbocycles. The summed E-state index contributed by atoms with van der Waals surface area (Å²) in [5.74, 6) is 0.164. The lowest BCUT2D eigenvalue weighted by Gasteiger charge is -2.39. The van der Waals surface area contributed by atoms with Crippen LogP contribution in [0.15, 0.2) is 0 Å². The molecule has 0 aromatic carbocycles. The van der Waals surface area contributed by atoms with Crippen molar-refractivity contribution in [1.29, 1.82) is 0 Å². The Labute approximate surface area is 140 Å². The summed E-state index contributed by atoms with van der Waals surface area (Å²) >= 11 is 0. The fourth-order valence-corrected chi connectivity index (χ4v) is 5.31. The van der Waals surface area contributed by atoms with Crippen molar-refractivity contribution in [2.75, 3.05) is 19.8 Å². The molecular weight excluding hydrogens is 324 g/mol. The van der Waals surface area contributed by atoms with Gasteiger partial charge in [0.1, 0.15) is 0 Å². The van der Waals surface area contributed by atoms with Crippen LogP contribution in [-0.4, -0.2) is 56.4 Å². The van der Waals surface area contributed by atoms with Gasteiger partial charge < -0.3 is 10.2 Å². The van der Waals surface area contributed by atoms with E-state index >= 15 is 0 Å². The van der Waals surface area contributed by atoms with Gasteiger partial charge in [-0.1, -0.05) is 12.8 Å². The summed E-state index contributed by atoms with van der Waals surface area (Å²) in [4.78, 5) is 14.5. The second-order valence-electron chi connectivity index (χ2n) is 6.75. The number of hydrogen-bond donors (Lipinski definition) is 1. The highest BCUT2D eigenvalue weighted by atomic mass is 35.5. The van der Waals surface area contributed by atoms with Crippen molar-refractivity contribution >= 4 is 28.2 Å². The minimum atomic E-state index is -3.10. The maximum atomic E-state index is 12.7.